The summed E-state index contributed by atoms with van der Waals surface area (Å²) in [5.41, 5.74) is 2.61. The first-order valence-electron chi connectivity index (χ1n) is 8.18. The number of rotatable bonds is 3. The van der Waals surface area contributed by atoms with Crippen molar-refractivity contribution in [3.8, 4) is 0 Å². The van der Waals surface area contributed by atoms with E-state index >= 15 is 0 Å². The zero-order valence-corrected chi connectivity index (χ0v) is 17.8. The van der Waals surface area contributed by atoms with Crippen LogP contribution in [0.15, 0.2) is 93.5 Å². The van der Waals surface area contributed by atoms with Gasteiger partial charge in [-0.2, -0.15) is 0 Å². The first kappa shape index (κ1) is 22.4. The molecule has 0 amide bonds. The summed E-state index contributed by atoms with van der Waals surface area (Å²) in [4.78, 5) is 4.11. The third-order valence-electron chi connectivity index (χ3n) is 3.49. The van der Waals surface area contributed by atoms with Gasteiger partial charge in [0, 0.05) is 0 Å². The Balaban J connectivity index is 0.000000345. The molecule has 0 heterocycles. The van der Waals surface area contributed by atoms with Gasteiger partial charge in [0.25, 0.3) is 0 Å². The zero-order valence-electron chi connectivity index (χ0n) is 15.1. The topological polar surface area (TPSA) is 0 Å². The molecule has 152 valence electrons. The molecule has 0 saturated carbocycles. The molecule has 0 aliphatic carbocycles. The maximum atomic E-state index is 9.91. The van der Waals surface area contributed by atoms with Gasteiger partial charge in [0.2, 0.25) is 0 Å². The number of halogens is 6. The second kappa shape index (κ2) is 7.52. The Labute approximate surface area is 164 Å². The van der Waals surface area contributed by atoms with E-state index in [4.69, 9.17) is 0 Å². The van der Waals surface area contributed by atoms with Crippen molar-refractivity contribution in [3.05, 3.63) is 90.0 Å². The summed E-state index contributed by atoms with van der Waals surface area (Å²) >= 11 is -11.1. The van der Waals surface area contributed by atoms with Crippen LogP contribution in [0.25, 0.3) is 0 Å². The predicted octanol–water partition coefficient (Wildman–Crippen LogP) is 7.54. The molecular weight excluding hydrogens is 461 g/mol. The minimum absolute atomic E-state index is 0.0312. The third kappa shape index (κ3) is 8.89. The van der Waals surface area contributed by atoms with Crippen molar-refractivity contribution in [3.63, 3.8) is 0 Å². The number of hydrogen-bond donors (Lipinski definition) is 0. The molecular formula is C20H19AsF6S. The summed E-state index contributed by atoms with van der Waals surface area (Å²) in [6, 6.07) is 28.6. The van der Waals surface area contributed by atoms with Crippen molar-refractivity contribution in [2.24, 2.45) is 0 Å². The summed E-state index contributed by atoms with van der Waals surface area (Å²) < 4.78 is 59.4. The molecule has 0 aliphatic rings. The van der Waals surface area contributed by atoms with E-state index in [1.54, 1.807) is 0 Å². The molecule has 0 radical (unpaired) electrons. The molecule has 28 heavy (non-hydrogen) atoms. The normalized spacial score (nSPS) is 13.9. The molecule has 0 bridgehead atoms. The molecule has 0 aliphatic heterocycles. The van der Waals surface area contributed by atoms with E-state index in [0.29, 0.717) is 0 Å². The maximum absolute atomic E-state index is 11.1. The molecule has 0 fully saturated rings. The van der Waals surface area contributed by atoms with Crippen molar-refractivity contribution in [1.29, 1.82) is 0 Å². The molecule has 3 rings (SSSR count). The van der Waals surface area contributed by atoms with Crippen molar-refractivity contribution in [1.82, 2.24) is 0 Å². The van der Waals surface area contributed by atoms with E-state index in [9.17, 15) is 20.8 Å². The summed E-state index contributed by atoms with van der Waals surface area (Å²) in [6.45, 7) is 4.27. The van der Waals surface area contributed by atoms with Gasteiger partial charge in [-0.15, -0.1) is 0 Å². The van der Waals surface area contributed by atoms with E-state index in [1.807, 2.05) is 0 Å². The van der Waals surface area contributed by atoms with Gasteiger partial charge in [0.1, 0.15) is 0 Å². The van der Waals surface area contributed by atoms with Crippen molar-refractivity contribution in [2.45, 2.75) is 28.5 Å². The molecule has 3 aromatic carbocycles. The molecule has 0 unspecified atom stereocenters. The Morgan fingerprint density at radius 3 is 1.11 bits per heavy atom. The average molecular weight is 480 g/mol. The molecule has 0 nitrogen and oxygen atoms in total. The number of aryl methyl sites for hydroxylation is 2. The number of benzene rings is 3. The van der Waals surface area contributed by atoms with Gasteiger partial charge in [0.15, 0.2) is 14.7 Å². The molecule has 8 heteroatoms. The van der Waals surface area contributed by atoms with Crippen LogP contribution in [-0.2, 0) is 10.9 Å². The van der Waals surface area contributed by atoms with E-state index in [1.165, 1.54) is 25.8 Å². The van der Waals surface area contributed by atoms with Gasteiger partial charge in [-0.25, -0.2) is 0 Å². The molecule has 0 N–H and O–H groups in total. The fourth-order valence-corrected chi connectivity index (χ4v) is 4.38. The second-order valence-electron chi connectivity index (χ2n) is 6.20. The van der Waals surface area contributed by atoms with Crippen LogP contribution >= 0.6 is 0 Å². The van der Waals surface area contributed by atoms with Crippen LogP contribution in [0.2, 0.25) is 0 Å². The Kier molecular flexibility index (Phi) is 6.03. The van der Waals surface area contributed by atoms with Crippen molar-refractivity contribution >= 4 is 25.1 Å². The van der Waals surface area contributed by atoms with Crippen molar-refractivity contribution in [2.75, 3.05) is 0 Å². The SMILES string of the molecule is Cc1ccc([S+](c2ccccc2)c2ccc(C)cc2)cc1.F[As-](F)(F)(F)(F)F. The van der Waals surface area contributed by atoms with Crippen LogP contribution in [0, 0.1) is 13.8 Å². The minimum atomic E-state index is -11.1. The second-order valence-corrected chi connectivity index (χ2v) is 12.3. The Hall–Kier alpha value is -1.85. The molecule has 0 atom stereocenters. The van der Waals surface area contributed by atoms with E-state index in [2.05, 4.69) is 92.7 Å². The van der Waals surface area contributed by atoms with Crippen LogP contribution in [0.1, 0.15) is 11.1 Å². The predicted molar refractivity (Wildman–Crippen MR) is 103 cm³/mol. The number of hydrogen-bond acceptors (Lipinski definition) is 0. The van der Waals surface area contributed by atoms with Crippen LogP contribution in [0.4, 0.5) is 20.8 Å². The van der Waals surface area contributed by atoms with Crippen LogP contribution in [-0.4, -0.2) is 14.2 Å². The van der Waals surface area contributed by atoms with E-state index in [0.717, 1.165) is 0 Å². The van der Waals surface area contributed by atoms with Gasteiger partial charge in [-0.05, 0) is 50.2 Å². The molecule has 0 saturated heterocycles. The summed E-state index contributed by atoms with van der Waals surface area (Å²) in [5.74, 6) is 0. The quantitative estimate of drug-likeness (QED) is 0.206. The van der Waals surface area contributed by atoms with Gasteiger partial charge < -0.3 is 0 Å². The van der Waals surface area contributed by atoms with Gasteiger partial charge in [-0.3, -0.25) is 0 Å². The first-order chi connectivity index (χ1) is 12.7. The van der Waals surface area contributed by atoms with Crippen LogP contribution < -0.4 is 0 Å². The van der Waals surface area contributed by atoms with E-state index in [-0.39, 0.29) is 10.9 Å². The third-order valence-corrected chi connectivity index (χ3v) is 5.72. The summed E-state index contributed by atoms with van der Waals surface area (Å²) in [7, 11) is -0.0312. The van der Waals surface area contributed by atoms with Crippen molar-refractivity contribution < 1.29 is 20.8 Å². The fraction of sp³-hybridized carbons (Fsp3) is 0.100. The fourth-order valence-electron chi connectivity index (χ4n) is 2.31. The van der Waals surface area contributed by atoms with Crippen LogP contribution in [0.3, 0.4) is 0 Å². The average Bonchev–Trinajstić information content (AvgIpc) is 2.57. The first-order valence-corrected chi connectivity index (χ1v) is 13.7. The van der Waals surface area contributed by atoms with E-state index < -0.39 is 14.2 Å². The Morgan fingerprint density at radius 2 is 0.786 bits per heavy atom. The Bertz CT molecular complexity index is 849. The standard InChI is InChI=1S/C20H19S.AsF6/c1-16-8-12-19(13-9-16)21(18-6-4-3-5-7-18)20-14-10-17(2)11-15-20;2-1(3,4,5,6)7/h3-15H,1-2H3;/q+1;-1. The monoisotopic (exact) mass is 480 g/mol. The van der Waals surface area contributed by atoms with Crippen LogP contribution in [0.5, 0.6) is 0 Å². The Morgan fingerprint density at radius 1 is 0.500 bits per heavy atom. The van der Waals surface area contributed by atoms with Gasteiger partial charge in [0.05, 0.1) is 10.9 Å². The summed E-state index contributed by atoms with van der Waals surface area (Å²) in [5, 5.41) is 0. The molecule has 0 aromatic heterocycles. The summed E-state index contributed by atoms with van der Waals surface area (Å²) in [6.07, 6.45) is 0. The van der Waals surface area contributed by atoms with Gasteiger partial charge in [-0.1, -0.05) is 53.6 Å². The zero-order chi connectivity index (χ0) is 21.1. The molecule has 3 aromatic rings. The van der Waals surface area contributed by atoms with Gasteiger partial charge >= 0.3 is 35.0 Å². The molecule has 0 spiro atoms.